The third kappa shape index (κ3) is 4.40. The van der Waals surface area contributed by atoms with Crippen molar-refractivity contribution in [3.05, 3.63) is 83.4 Å². The first-order chi connectivity index (χ1) is 15.1. The quantitative estimate of drug-likeness (QED) is 0.609. The van der Waals surface area contributed by atoms with E-state index in [2.05, 4.69) is 27.4 Å². The van der Waals surface area contributed by atoms with Crippen molar-refractivity contribution in [1.29, 1.82) is 0 Å². The summed E-state index contributed by atoms with van der Waals surface area (Å²) in [6, 6.07) is 14.9. The highest BCUT2D eigenvalue weighted by molar-refractivity contribution is 5.81. The van der Waals surface area contributed by atoms with E-state index in [9.17, 15) is 14.7 Å². The first-order valence-corrected chi connectivity index (χ1v) is 10.2. The molecule has 1 amide bonds. The maximum absolute atomic E-state index is 12.4. The van der Waals surface area contributed by atoms with Gasteiger partial charge in [-0.3, -0.25) is 0 Å². The average Bonchev–Trinajstić information content (AvgIpc) is 3.11. The Kier molecular flexibility index (Phi) is 5.93. The number of fused-ring (bicyclic) bond motifs is 3. The molecule has 1 atom stereocenters. The number of nitrogens with zero attached hydrogens (tertiary/aromatic N) is 2. The molecule has 1 heterocycles. The van der Waals surface area contributed by atoms with Crippen LogP contribution in [0, 0.1) is 0 Å². The summed E-state index contributed by atoms with van der Waals surface area (Å²) in [4.78, 5) is 32.4. The Morgan fingerprint density at radius 2 is 1.61 bits per heavy atom. The van der Waals surface area contributed by atoms with Crippen LogP contribution < -0.4 is 5.32 Å². The van der Waals surface area contributed by atoms with E-state index in [1.165, 1.54) is 0 Å². The maximum atomic E-state index is 12.4. The molecule has 1 aromatic heterocycles. The summed E-state index contributed by atoms with van der Waals surface area (Å²) in [5, 5.41) is 12.0. The first-order valence-electron chi connectivity index (χ1n) is 10.2. The number of aryl methyl sites for hydroxylation is 1. The van der Waals surface area contributed by atoms with E-state index in [1.54, 1.807) is 12.4 Å². The van der Waals surface area contributed by atoms with Gasteiger partial charge in [-0.1, -0.05) is 55.5 Å². The fourth-order valence-electron chi connectivity index (χ4n) is 3.89. The average molecular weight is 417 g/mol. The standard InChI is InChI=1S/C24H23N3O4/c1-2-22-25-12-15(13-26-22)11-21(23(28)29)27-24(30)31-14-20-18-9-5-3-7-16(18)17-8-4-6-10-19(17)20/h3-10,12-13,20-21H,2,11,14H2,1H3,(H,27,30)(H,28,29). The third-order valence-electron chi connectivity index (χ3n) is 5.45. The van der Waals surface area contributed by atoms with Crippen LogP contribution in [0.15, 0.2) is 60.9 Å². The predicted molar refractivity (Wildman–Crippen MR) is 115 cm³/mol. The molecule has 7 heteroatoms. The largest absolute Gasteiger partial charge is 0.480 e. The van der Waals surface area contributed by atoms with Crippen molar-refractivity contribution < 1.29 is 19.4 Å². The second-order valence-electron chi connectivity index (χ2n) is 7.43. The maximum Gasteiger partial charge on any atom is 0.407 e. The SMILES string of the molecule is CCc1ncc(CC(NC(=O)OCC2c3ccccc3-c3ccccc32)C(=O)O)cn1. The number of amides is 1. The van der Waals surface area contributed by atoms with Gasteiger partial charge in [0, 0.05) is 31.2 Å². The topological polar surface area (TPSA) is 101 Å². The minimum atomic E-state index is -1.15. The van der Waals surface area contributed by atoms with Crippen molar-refractivity contribution in [2.24, 2.45) is 0 Å². The fourth-order valence-corrected chi connectivity index (χ4v) is 3.89. The van der Waals surface area contributed by atoms with Gasteiger partial charge < -0.3 is 15.2 Å². The molecule has 0 bridgehead atoms. The molecule has 7 nitrogen and oxygen atoms in total. The van der Waals surface area contributed by atoms with E-state index in [4.69, 9.17) is 4.74 Å². The molecule has 1 aliphatic rings. The minimum absolute atomic E-state index is 0.0729. The Bertz CT molecular complexity index is 1050. The summed E-state index contributed by atoms with van der Waals surface area (Å²) >= 11 is 0. The highest BCUT2D eigenvalue weighted by Crippen LogP contribution is 2.44. The van der Waals surface area contributed by atoms with Gasteiger partial charge in [-0.25, -0.2) is 19.6 Å². The zero-order valence-electron chi connectivity index (χ0n) is 17.1. The van der Waals surface area contributed by atoms with Gasteiger partial charge in [-0.15, -0.1) is 0 Å². The van der Waals surface area contributed by atoms with Crippen LogP contribution in [0.1, 0.15) is 35.4 Å². The molecule has 1 aliphatic carbocycles. The summed E-state index contributed by atoms with van der Waals surface area (Å²) in [5.74, 6) is -0.551. The van der Waals surface area contributed by atoms with Crippen LogP contribution >= 0.6 is 0 Å². The summed E-state index contributed by atoms with van der Waals surface area (Å²) in [7, 11) is 0. The lowest BCUT2D eigenvalue weighted by Gasteiger charge is -2.17. The highest BCUT2D eigenvalue weighted by Gasteiger charge is 2.29. The molecule has 2 N–H and O–H groups in total. The second-order valence-corrected chi connectivity index (χ2v) is 7.43. The van der Waals surface area contributed by atoms with Crippen LogP contribution in [-0.4, -0.2) is 39.8 Å². The summed E-state index contributed by atoms with van der Waals surface area (Å²) < 4.78 is 5.45. The van der Waals surface area contributed by atoms with E-state index in [0.29, 0.717) is 17.8 Å². The van der Waals surface area contributed by atoms with E-state index in [-0.39, 0.29) is 18.9 Å². The van der Waals surface area contributed by atoms with Crippen LogP contribution in [0.4, 0.5) is 4.79 Å². The molecule has 31 heavy (non-hydrogen) atoms. The number of hydrogen-bond donors (Lipinski definition) is 2. The van der Waals surface area contributed by atoms with Crippen molar-refractivity contribution >= 4 is 12.1 Å². The molecule has 3 aromatic rings. The fraction of sp³-hybridized carbons (Fsp3) is 0.250. The molecule has 0 radical (unpaired) electrons. The number of ether oxygens (including phenoxy) is 1. The molecule has 4 rings (SSSR count). The van der Waals surface area contributed by atoms with Crippen LogP contribution in [-0.2, 0) is 22.4 Å². The number of carboxylic acids is 1. The first kappa shape index (κ1) is 20.5. The number of aromatic nitrogens is 2. The lowest BCUT2D eigenvalue weighted by molar-refractivity contribution is -0.139. The minimum Gasteiger partial charge on any atom is -0.480 e. The molecule has 0 saturated heterocycles. The number of hydrogen-bond acceptors (Lipinski definition) is 5. The Hall–Kier alpha value is -3.74. The number of carbonyl (C=O) groups is 2. The highest BCUT2D eigenvalue weighted by atomic mass is 16.5. The predicted octanol–water partition coefficient (Wildman–Crippen LogP) is 3.57. The molecular weight excluding hydrogens is 394 g/mol. The van der Waals surface area contributed by atoms with Gasteiger partial charge in [0.15, 0.2) is 0 Å². The van der Waals surface area contributed by atoms with Gasteiger partial charge in [-0.2, -0.15) is 0 Å². The second kappa shape index (κ2) is 8.95. The monoisotopic (exact) mass is 417 g/mol. The van der Waals surface area contributed by atoms with E-state index in [1.807, 2.05) is 43.3 Å². The zero-order valence-corrected chi connectivity index (χ0v) is 17.1. The number of carboxylic acid groups (broad SMARTS) is 1. The normalized spacial score (nSPS) is 13.2. The van der Waals surface area contributed by atoms with Gasteiger partial charge in [0.25, 0.3) is 0 Å². The molecule has 1 unspecified atom stereocenters. The molecule has 0 aliphatic heterocycles. The summed E-state index contributed by atoms with van der Waals surface area (Å²) in [6.45, 7) is 2.06. The van der Waals surface area contributed by atoms with Crippen LogP contribution in [0.2, 0.25) is 0 Å². The summed E-state index contributed by atoms with van der Waals surface area (Å²) in [6.07, 6.45) is 3.17. The van der Waals surface area contributed by atoms with Crippen molar-refractivity contribution in [3.8, 4) is 11.1 Å². The third-order valence-corrected chi connectivity index (χ3v) is 5.45. The number of aliphatic carboxylic acids is 1. The van der Waals surface area contributed by atoms with Gasteiger partial charge in [0.2, 0.25) is 0 Å². The molecule has 0 fully saturated rings. The lowest BCUT2D eigenvalue weighted by Crippen LogP contribution is -2.43. The van der Waals surface area contributed by atoms with E-state index >= 15 is 0 Å². The number of rotatable bonds is 7. The van der Waals surface area contributed by atoms with Crippen molar-refractivity contribution in [1.82, 2.24) is 15.3 Å². The molecule has 158 valence electrons. The number of nitrogens with one attached hydrogen (secondary N) is 1. The molecular formula is C24H23N3O4. The lowest BCUT2D eigenvalue weighted by atomic mass is 9.98. The Morgan fingerprint density at radius 1 is 1.03 bits per heavy atom. The number of alkyl carbamates (subject to hydrolysis) is 1. The van der Waals surface area contributed by atoms with Crippen LogP contribution in [0.25, 0.3) is 11.1 Å². The Labute approximate surface area is 180 Å². The van der Waals surface area contributed by atoms with Gasteiger partial charge in [0.1, 0.15) is 18.5 Å². The Morgan fingerprint density at radius 3 is 2.16 bits per heavy atom. The number of carbonyl (C=O) groups excluding carboxylic acids is 1. The molecule has 0 saturated carbocycles. The van der Waals surface area contributed by atoms with Crippen LogP contribution in [0.3, 0.4) is 0 Å². The molecule has 2 aromatic carbocycles. The smallest absolute Gasteiger partial charge is 0.407 e. The van der Waals surface area contributed by atoms with Gasteiger partial charge in [-0.05, 0) is 27.8 Å². The van der Waals surface area contributed by atoms with Crippen LogP contribution in [0.5, 0.6) is 0 Å². The zero-order chi connectivity index (χ0) is 21.8. The van der Waals surface area contributed by atoms with E-state index in [0.717, 1.165) is 22.3 Å². The summed E-state index contributed by atoms with van der Waals surface area (Å²) in [5.41, 5.74) is 5.08. The Balaban J connectivity index is 1.41. The number of benzene rings is 2. The molecule has 0 spiro atoms. The van der Waals surface area contributed by atoms with E-state index < -0.39 is 18.1 Å². The van der Waals surface area contributed by atoms with Crippen molar-refractivity contribution in [2.45, 2.75) is 31.7 Å². The van der Waals surface area contributed by atoms with Crippen molar-refractivity contribution in [2.75, 3.05) is 6.61 Å². The van der Waals surface area contributed by atoms with Gasteiger partial charge >= 0.3 is 12.1 Å². The van der Waals surface area contributed by atoms with Crippen molar-refractivity contribution in [3.63, 3.8) is 0 Å². The van der Waals surface area contributed by atoms with Gasteiger partial charge in [0.05, 0.1) is 0 Å².